The zero-order valence-electron chi connectivity index (χ0n) is 14.0. The number of hydrogen-bond donors (Lipinski definition) is 1. The molecule has 0 radical (unpaired) electrons. The van der Waals surface area contributed by atoms with Crippen LogP contribution in [0.1, 0.15) is 12.0 Å². The SMILES string of the molecule is CN(Cc1ccccc1)C(=O)NC1CC(=O)N(c2ccc(Cl)cc2)C1. The van der Waals surface area contributed by atoms with Gasteiger partial charge in [0, 0.05) is 37.3 Å². The fraction of sp³-hybridized carbons (Fsp3) is 0.263. The molecule has 0 spiro atoms. The van der Waals surface area contributed by atoms with Crippen molar-refractivity contribution in [2.24, 2.45) is 0 Å². The molecule has 6 heteroatoms. The van der Waals surface area contributed by atoms with Crippen molar-refractivity contribution in [3.05, 3.63) is 65.2 Å². The molecule has 1 aliphatic heterocycles. The van der Waals surface area contributed by atoms with Crippen LogP contribution < -0.4 is 10.2 Å². The topological polar surface area (TPSA) is 52.7 Å². The summed E-state index contributed by atoms with van der Waals surface area (Å²) in [7, 11) is 1.75. The summed E-state index contributed by atoms with van der Waals surface area (Å²) in [5.74, 6) is -0.00154. The number of carbonyl (C=O) groups is 2. The van der Waals surface area contributed by atoms with Crippen LogP contribution in [0.2, 0.25) is 5.02 Å². The number of amides is 3. The molecular formula is C19H20ClN3O2. The highest BCUT2D eigenvalue weighted by atomic mass is 35.5. The summed E-state index contributed by atoms with van der Waals surface area (Å²) < 4.78 is 0. The van der Waals surface area contributed by atoms with Gasteiger partial charge in [-0.15, -0.1) is 0 Å². The van der Waals surface area contributed by atoms with Crippen molar-refractivity contribution >= 4 is 29.2 Å². The van der Waals surface area contributed by atoms with Gasteiger partial charge in [-0.1, -0.05) is 41.9 Å². The number of nitrogens with zero attached hydrogens (tertiary/aromatic N) is 2. The van der Waals surface area contributed by atoms with E-state index in [0.29, 0.717) is 24.5 Å². The number of benzene rings is 2. The van der Waals surface area contributed by atoms with Gasteiger partial charge in [-0.25, -0.2) is 4.79 Å². The summed E-state index contributed by atoms with van der Waals surface area (Å²) in [6.07, 6.45) is 0.299. The normalized spacial score (nSPS) is 16.8. The average molecular weight is 358 g/mol. The molecule has 1 aliphatic rings. The lowest BCUT2D eigenvalue weighted by atomic mass is 10.2. The molecule has 1 unspecified atom stereocenters. The molecule has 25 heavy (non-hydrogen) atoms. The van der Waals surface area contributed by atoms with Crippen molar-refractivity contribution in [2.45, 2.75) is 19.0 Å². The fourth-order valence-corrected chi connectivity index (χ4v) is 3.01. The summed E-state index contributed by atoms with van der Waals surface area (Å²) in [6, 6.07) is 16.5. The first-order chi connectivity index (χ1) is 12.0. The van der Waals surface area contributed by atoms with E-state index in [1.807, 2.05) is 42.5 Å². The predicted octanol–water partition coefficient (Wildman–Crippen LogP) is 3.29. The van der Waals surface area contributed by atoms with Crippen molar-refractivity contribution < 1.29 is 9.59 Å². The second kappa shape index (κ2) is 7.57. The Labute approximate surface area is 152 Å². The number of urea groups is 1. The molecule has 2 aromatic rings. The van der Waals surface area contributed by atoms with Crippen LogP contribution in [-0.4, -0.2) is 36.5 Å². The van der Waals surface area contributed by atoms with Gasteiger partial charge in [-0.2, -0.15) is 0 Å². The summed E-state index contributed by atoms with van der Waals surface area (Å²) in [6.45, 7) is 0.986. The Balaban J connectivity index is 1.57. The summed E-state index contributed by atoms with van der Waals surface area (Å²) in [5.41, 5.74) is 1.86. The van der Waals surface area contributed by atoms with Gasteiger partial charge < -0.3 is 15.1 Å². The van der Waals surface area contributed by atoms with Gasteiger partial charge in [-0.3, -0.25) is 4.79 Å². The second-order valence-electron chi connectivity index (χ2n) is 6.17. The molecule has 0 saturated carbocycles. The number of halogens is 1. The van der Waals surface area contributed by atoms with Crippen LogP contribution in [0.4, 0.5) is 10.5 Å². The number of hydrogen-bond acceptors (Lipinski definition) is 2. The highest BCUT2D eigenvalue weighted by Gasteiger charge is 2.32. The molecule has 1 N–H and O–H groups in total. The molecule has 1 fully saturated rings. The zero-order valence-corrected chi connectivity index (χ0v) is 14.7. The van der Waals surface area contributed by atoms with Crippen molar-refractivity contribution in [3.63, 3.8) is 0 Å². The Kier molecular flexibility index (Phi) is 5.24. The van der Waals surface area contributed by atoms with E-state index in [2.05, 4.69) is 5.32 Å². The van der Waals surface area contributed by atoms with E-state index in [9.17, 15) is 9.59 Å². The molecule has 3 amide bonds. The zero-order chi connectivity index (χ0) is 17.8. The van der Waals surface area contributed by atoms with E-state index < -0.39 is 0 Å². The first kappa shape index (κ1) is 17.3. The highest BCUT2D eigenvalue weighted by molar-refractivity contribution is 6.30. The van der Waals surface area contributed by atoms with Crippen molar-refractivity contribution in [2.75, 3.05) is 18.5 Å². The minimum Gasteiger partial charge on any atom is -0.333 e. The quantitative estimate of drug-likeness (QED) is 0.912. The van der Waals surface area contributed by atoms with Crippen LogP contribution in [0.3, 0.4) is 0 Å². The van der Waals surface area contributed by atoms with Gasteiger partial charge in [0.15, 0.2) is 0 Å². The molecule has 0 bridgehead atoms. The van der Waals surface area contributed by atoms with Gasteiger partial charge >= 0.3 is 6.03 Å². The summed E-state index contributed by atoms with van der Waals surface area (Å²) in [5, 5.41) is 3.57. The van der Waals surface area contributed by atoms with Gasteiger partial charge in [0.25, 0.3) is 0 Å². The summed E-state index contributed by atoms with van der Waals surface area (Å²) >= 11 is 5.89. The number of carbonyl (C=O) groups excluding carboxylic acids is 2. The first-order valence-corrected chi connectivity index (χ1v) is 8.52. The molecule has 1 atom stereocenters. The van der Waals surface area contributed by atoms with Crippen molar-refractivity contribution in [1.29, 1.82) is 0 Å². The Morgan fingerprint density at radius 2 is 1.88 bits per heavy atom. The minimum absolute atomic E-state index is 0.00154. The van der Waals surface area contributed by atoms with E-state index in [0.717, 1.165) is 11.3 Å². The number of rotatable bonds is 4. The molecule has 1 heterocycles. The predicted molar refractivity (Wildman–Crippen MR) is 98.7 cm³/mol. The van der Waals surface area contributed by atoms with Crippen molar-refractivity contribution in [3.8, 4) is 0 Å². The molecule has 0 aromatic heterocycles. The average Bonchev–Trinajstić information content (AvgIpc) is 2.96. The van der Waals surface area contributed by atoms with Gasteiger partial charge in [0.05, 0.1) is 6.04 Å². The van der Waals surface area contributed by atoms with E-state index in [4.69, 9.17) is 11.6 Å². The smallest absolute Gasteiger partial charge is 0.317 e. The largest absolute Gasteiger partial charge is 0.333 e. The molecule has 0 aliphatic carbocycles. The van der Waals surface area contributed by atoms with Gasteiger partial charge in [0.1, 0.15) is 0 Å². The van der Waals surface area contributed by atoms with Crippen LogP contribution in [0.5, 0.6) is 0 Å². The maximum Gasteiger partial charge on any atom is 0.317 e. The fourth-order valence-electron chi connectivity index (χ4n) is 2.89. The minimum atomic E-state index is -0.200. The summed E-state index contributed by atoms with van der Waals surface area (Å²) in [4.78, 5) is 27.9. The van der Waals surface area contributed by atoms with E-state index in [1.54, 1.807) is 29.0 Å². The lowest BCUT2D eigenvalue weighted by molar-refractivity contribution is -0.117. The van der Waals surface area contributed by atoms with Crippen LogP contribution in [0, 0.1) is 0 Å². The van der Waals surface area contributed by atoms with E-state index in [-0.39, 0.29) is 18.0 Å². The highest BCUT2D eigenvalue weighted by Crippen LogP contribution is 2.23. The second-order valence-corrected chi connectivity index (χ2v) is 6.61. The number of nitrogens with one attached hydrogen (secondary N) is 1. The monoisotopic (exact) mass is 357 g/mol. The molecular weight excluding hydrogens is 338 g/mol. The Bertz CT molecular complexity index is 749. The van der Waals surface area contributed by atoms with E-state index in [1.165, 1.54) is 0 Å². The van der Waals surface area contributed by atoms with Crippen molar-refractivity contribution in [1.82, 2.24) is 10.2 Å². The molecule has 130 valence electrons. The molecule has 5 nitrogen and oxygen atoms in total. The van der Waals surface area contributed by atoms with Crippen LogP contribution in [-0.2, 0) is 11.3 Å². The third-order valence-corrected chi connectivity index (χ3v) is 4.45. The number of anilines is 1. The van der Waals surface area contributed by atoms with Crippen LogP contribution in [0.15, 0.2) is 54.6 Å². The third kappa shape index (κ3) is 4.31. The van der Waals surface area contributed by atoms with E-state index >= 15 is 0 Å². The van der Waals surface area contributed by atoms with Crippen LogP contribution in [0.25, 0.3) is 0 Å². The third-order valence-electron chi connectivity index (χ3n) is 4.20. The van der Waals surface area contributed by atoms with Gasteiger partial charge in [0.2, 0.25) is 5.91 Å². The lowest BCUT2D eigenvalue weighted by Crippen LogP contribution is -2.43. The molecule has 2 aromatic carbocycles. The maximum atomic E-state index is 12.4. The molecule has 1 saturated heterocycles. The molecule has 3 rings (SSSR count). The Morgan fingerprint density at radius 3 is 2.56 bits per heavy atom. The van der Waals surface area contributed by atoms with Gasteiger partial charge in [-0.05, 0) is 29.8 Å². The Morgan fingerprint density at radius 1 is 1.20 bits per heavy atom. The maximum absolute atomic E-state index is 12.4. The lowest BCUT2D eigenvalue weighted by Gasteiger charge is -2.21. The van der Waals surface area contributed by atoms with Crippen LogP contribution >= 0.6 is 11.6 Å². The first-order valence-electron chi connectivity index (χ1n) is 8.14. The standard InChI is InChI=1S/C19H20ClN3O2/c1-22(12-14-5-3-2-4-6-14)19(25)21-16-11-18(24)23(13-16)17-9-7-15(20)8-10-17/h2-10,16H,11-13H2,1H3,(H,21,25). The Hall–Kier alpha value is -2.53.